The molecule has 0 bridgehead atoms. The molecule has 3 aromatic carbocycles. The molecular weight excluding hydrogens is 449 g/mol. The van der Waals surface area contributed by atoms with Gasteiger partial charge in [-0.3, -0.25) is 30.3 Å². The largest absolute Gasteiger partial charge is 0.284 e. The smallest absolute Gasteiger partial charge is 0.258 e. The number of fused-ring (bicyclic) bond motifs is 3. The molecular formula is C20H9Cl2N3O6. The van der Waals surface area contributed by atoms with Crippen LogP contribution in [-0.2, 0) is 0 Å². The zero-order chi connectivity index (χ0) is 22.4. The quantitative estimate of drug-likeness (QED) is 0.261. The summed E-state index contributed by atoms with van der Waals surface area (Å²) in [5.41, 5.74) is 0.454. The summed E-state index contributed by atoms with van der Waals surface area (Å²) < 4.78 is 0. The molecule has 0 fully saturated rings. The molecule has 0 amide bonds. The molecule has 0 N–H and O–H groups in total. The lowest BCUT2D eigenvalue weighted by Gasteiger charge is -2.07. The van der Waals surface area contributed by atoms with Crippen LogP contribution in [0.25, 0.3) is 22.8 Å². The summed E-state index contributed by atoms with van der Waals surface area (Å²) in [4.78, 5) is 32.4. The Morgan fingerprint density at radius 2 is 1.32 bits per heavy atom. The van der Waals surface area contributed by atoms with Gasteiger partial charge >= 0.3 is 0 Å². The topological polar surface area (TPSA) is 129 Å². The van der Waals surface area contributed by atoms with E-state index in [-0.39, 0.29) is 26.9 Å². The van der Waals surface area contributed by atoms with E-state index < -0.39 is 26.1 Å². The zero-order valence-electron chi connectivity index (χ0n) is 15.2. The van der Waals surface area contributed by atoms with Crippen LogP contribution in [0.3, 0.4) is 0 Å². The lowest BCUT2D eigenvalue weighted by molar-refractivity contribution is -0.393. The molecule has 0 saturated heterocycles. The molecule has 9 nitrogen and oxygen atoms in total. The Hall–Kier alpha value is -3.82. The zero-order valence-corrected chi connectivity index (χ0v) is 16.8. The number of benzene rings is 3. The first-order chi connectivity index (χ1) is 14.7. The minimum atomic E-state index is -0.737. The second-order valence-electron chi connectivity index (χ2n) is 6.58. The van der Waals surface area contributed by atoms with Crippen molar-refractivity contribution in [3.8, 4) is 11.1 Å². The molecule has 1 aliphatic carbocycles. The van der Waals surface area contributed by atoms with Gasteiger partial charge in [-0.05, 0) is 41.0 Å². The minimum Gasteiger partial charge on any atom is -0.258 e. The Morgan fingerprint density at radius 1 is 0.710 bits per heavy atom. The van der Waals surface area contributed by atoms with Crippen molar-refractivity contribution in [1.82, 2.24) is 0 Å². The fraction of sp³-hybridized carbons (Fsp3) is 0. The van der Waals surface area contributed by atoms with E-state index in [1.54, 1.807) is 18.2 Å². The van der Waals surface area contributed by atoms with Crippen molar-refractivity contribution in [2.45, 2.75) is 0 Å². The van der Waals surface area contributed by atoms with Crippen LogP contribution in [-0.4, -0.2) is 14.8 Å². The summed E-state index contributed by atoms with van der Waals surface area (Å²) in [6.07, 6.45) is 1.52. The highest BCUT2D eigenvalue weighted by Crippen LogP contribution is 2.51. The summed E-state index contributed by atoms with van der Waals surface area (Å²) in [7, 11) is 0. The van der Waals surface area contributed by atoms with E-state index in [1.807, 2.05) is 0 Å². The number of nitro benzene ring substituents is 3. The molecule has 11 heteroatoms. The van der Waals surface area contributed by atoms with Gasteiger partial charge in [-0.15, -0.1) is 0 Å². The summed E-state index contributed by atoms with van der Waals surface area (Å²) in [6.45, 7) is 0. The van der Waals surface area contributed by atoms with Crippen molar-refractivity contribution in [2.24, 2.45) is 0 Å². The van der Waals surface area contributed by atoms with Crippen LogP contribution in [0.15, 0.2) is 48.5 Å². The fourth-order valence-electron chi connectivity index (χ4n) is 3.54. The van der Waals surface area contributed by atoms with Crippen molar-refractivity contribution in [1.29, 1.82) is 0 Å². The molecule has 1 aliphatic rings. The Kier molecular flexibility index (Phi) is 4.92. The Bertz CT molecular complexity index is 1330. The first kappa shape index (κ1) is 20.5. The molecule has 0 atom stereocenters. The maximum absolute atomic E-state index is 11.7. The van der Waals surface area contributed by atoms with Gasteiger partial charge in [0.2, 0.25) is 0 Å². The number of rotatable bonds is 4. The van der Waals surface area contributed by atoms with Crippen LogP contribution in [0.2, 0.25) is 10.0 Å². The SMILES string of the molecule is O=[N+]([O-])c1ccc2c(c1)C(=Cc1c(Cl)cccc1Cl)c1cc([N+](=O)[O-])cc([N+](=O)[O-])c1-2. The van der Waals surface area contributed by atoms with Gasteiger partial charge in [0.1, 0.15) is 0 Å². The number of hydrogen-bond acceptors (Lipinski definition) is 6. The minimum absolute atomic E-state index is 0.134. The van der Waals surface area contributed by atoms with Gasteiger partial charge in [-0.1, -0.05) is 29.3 Å². The fourth-order valence-corrected chi connectivity index (χ4v) is 4.04. The Labute approximate surface area is 183 Å². The van der Waals surface area contributed by atoms with E-state index in [4.69, 9.17) is 23.2 Å². The number of hydrogen-bond donors (Lipinski definition) is 0. The van der Waals surface area contributed by atoms with Gasteiger partial charge < -0.3 is 0 Å². The van der Waals surface area contributed by atoms with Crippen molar-refractivity contribution >= 4 is 51.9 Å². The van der Waals surface area contributed by atoms with E-state index in [0.29, 0.717) is 22.3 Å². The number of nitro groups is 3. The average molecular weight is 458 g/mol. The monoisotopic (exact) mass is 457 g/mol. The highest BCUT2D eigenvalue weighted by atomic mass is 35.5. The van der Waals surface area contributed by atoms with Crippen LogP contribution < -0.4 is 0 Å². The van der Waals surface area contributed by atoms with Crippen LogP contribution in [0, 0.1) is 30.3 Å². The van der Waals surface area contributed by atoms with E-state index in [2.05, 4.69) is 0 Å². The van der Waals surface area contributed by atoms with Crippen molar-refractivity contribution < 1.29 is 14.8 Å². The number of non-ortho nitro benzene ring substituents is 2. The molecule has 31 heavy (non-hydrogen) atoms. The standard InChI is InChI=1S/C20H9Cl2N3O6/c21-17-2-1-3-18(22)16(17)9-14-13-6-10(23(26)27)4-5-12(13)20-15(14)7-11(24(28)29)8-19(20)25(30)31/h1-9H. The van der Waals surface area contributed by atoms with Gasteiger partial charge in [0.15, 0.2) is 0 Å². The van der Waals surface area contributed by atoms with E-state index >= 15 is 0 Å². The van der Waals surface area contributed by atoms with Crippen molar-refractivity contribution in [3.05, 3.63) is 106 Å². The molecule has 154 valence electrons. The van der Waals surface area contributed by atoms with Gasteiger partial charge in [0.25, 0.3) is 17.1 Å². The summed E-state index contributed by atoms with van der Waals surface area (Å²) in [5.74, 6) is 0. The predicted molar refractivity (Wildman–Crippen MR) is 115 cm³/mol. The molecule has 0 aliphatic heterocycles. The Balaban J connectivity index is 2.13. The van der Waals surface area contributed by atoms with Crippen LogP contribution in [0.5, 0.6) is 0 Å². The molecule has 0 unspecified atom stereocenters. The third-order valence-electron chi connectivity index (χ3n) is 4.86. The highest BCUT2D eigenvalue weighted by molar-refractivity contribution is 6.37. The van der Waals surface area contributed by atoms with Gasteiger partial charge in [0.05, 0.1) is 26.4 Å². The van der Waals surface area contributed by atoms with Crippen LogP contribution in [0.1, 0.15) is 16.7 Å². The third-order valence-corrected chi connectivity index (χ3v) is 5.52. The molecule has 0 heterocycles. The summed E-state index contributed by atoms with van der Waals surface area (Å²) >= 11 is 12.5. The van der Waals surface area contributed by atoms with Gasteiger partial charge in [-0.25, -0.2) is 0 Å². The van der Waals surface area contributed by atoms with Gasteiger partial charge in [0, 0.05) is 39.4 Å². The lowest BCUT2D eigenvalue weighted by Crippen LogP contribution is -1.96. The lowest BCUT2D eigenvalue weighted by atomic mass is 10.00. The first-order valence-corrected chi connectivity index (χ1v) is 9.36. The third kappa shape index (κ3) is 3.39. The highest BCUT2D eigenvalue weighted by Gasteiger charge is 2.35. The Morgan fingerprint density at radius 3 is 1.90 bits per heavy atom. The van der Waals surface area contributed by atoms with E-state index in [1.165, 1.54) is 30.3 Å². The molecule has 0 aromatic heterocycles. The second kappa shape index (κ2) is 7.46. The van der Waals surface area contributed by atoms with E-state index in [0.717, 1.165) is 6.07 Å². The average Bonchev–Trinajstić information content (AvgIpc) is 3.02. The van der Waals surface area contributed by atoms with E-state index in [9.17, 15) is 30.3 Å². The summed E-state index contributed by atoms with van der Waals surface area (Å²) in [5, 5.41) is 35.0. The maximum atomic E-state index is 11.7. The molecule has 3 aromatic rings. The molecule has 0 radical (unpaired) electrons. The van der Waals surface area contributed by atoms with Gasteiger partial charge in [-0.2, -0.15) is 0 Å². The second-order valence-corrected chi connectivity index (χ2v) is 7.40. The molecule has 0 spiro atoms. The molecule has 0 saturated carbocycles. The van der Waals surface area contributed by atoms with Crippen LogP contribution >= 0.6 is 23.2 Å². The number of halogens is 2. The maximum Gasteiger partial charge on any atom is 0.284 e. The predicted octanol–water partition coefficient (Wildman–Crippen LogP) is 6.29. The van der Waals surface area contributed by atoms with Crippen molar-refractivity contribution in [3.63, 3.8) is 0 Å². The van der Waals surface area contributed by atoms with Crippen molar-refractivity contribution in [2.75, 3.05) is 0 Å². The first-order valence-electron chi connectivity index (χ1n) is 8.61. The summed E-state index contributed by atoms with van der Waals surface area (Å²) in [6, 6.07) is 10.7. The molecule has 4 rings (SSSR count). The normalized spacial score (nSPS) is 13.0. The van der Waals surface area contributed by atoms with Crippen LogP contribution in [0.4, 0.5) is 17.1 Å². The number of nitrogens with zero attached hydrogens (tertiary/aromatic N) is 3.